The Kier molecular flexibility index (Phi) is 4.00. The molecule has 2 aromatic rings. The number of hydrogen-bond donors (Lipinski definition) is 1. The minimum atomic E-state index is 0.478. The lowest BCUT2D eigenvalue weighted by Gasteiger charge is -2.07. The summed E-state index contributed by atoms with van der Waals surface area (Å²) in [5.41, 5.74) is 2.06. The van der Waals surface area contributed by atoms with Crippen molar-refractivity contribution in [3.05, 3.63) is 30.1 Å². The van der Waals surface area contributed by atoms with Crippen molar-refractivity contribution >= 4 is 5.69 Å². The third-order valence-electron chi connectivity index (χ3n) is 4.08. The fourth-order valence-electron chi connectivity index (χ4n) is 2.83. The van der Waals surface area contributed by atoms with Crippen LogP contribution in [0.15, 0.2) is 28.8 Å². The Balaban J connectivity index is 1.78. The van der Waals surface area contributed by atoms with Crippen LogP contribution in [0.5, 0.6) is 0 Å². The zero-order valence-electron chi connectivity index (χ0n) is 11.9. The highest BCUT2D eigenvalue weighted by Gasteiger charge is 2.20. The van der Waals surface area contributed by atoms with E-state index in [9.17, 15) is 0 Å². The van der Waals surface area contributed by atoms with E-state index in [1.54, 1.807) is 0 Å². The van der Waals surface area contributed by atoms with Crippen LogP contribution >= 0.6 is 0 Å². The molecule has 3 rings (SSSR count). The highest BCUT2D eigenvalue weighted by Crippen LogP contribution is 2.31. The quantitative estimate of drug-likeness (QED) is 0.849. The van der Waals surface area contributed by atoms with Crippen LogP contribution in [0.2, 0.25) is 0 Å². The molecule has 1 saturated carbocycles. The predicted octanol–water partition coefficient (Wildman–Crippen LogP) is 4.22. The SMILES string of the molecule is CNc1ccc(-c2nc(C3CCCCCC3)no2)cc1. The summed E-state index contributed by atoms with van der Waals surface area (Å²) >= 11 is 0. The summed E-state index contributed by atoms with van der Waals surface area (Å²) in [7, 11) is 1.91. The highest BCUT2D eigenvalue weighted by atomic mass is 16.5. The Bertz CT molecular complexity index is 539. The number of benzene rings is 1. The standard InChI is InChI=1S/C16H21N3O/c1-17-14-10-8-13(9-11-14)16-18-15(19-20-16)12-6-4-2-3-5-7-12/h8-12,17H,2-7H2,1H3. The van der Waals surface area contributed by atoms with Gasteiger partial charge in [0.25, 0.3) is 5.89 Å². The van der Waals surface area contributed by atoms with Crippen LogP contribution in [-0.2, 0) is 0 Å². The van der Waals surface area contributed by atoms with E-state index in [2.05, 4.69) is 15.5 Å². The number of rotatable bonds is 3. The van der Waals surface area contributed by atoms with Crippen LogP contribution < -0.4 is 5.32 Å². The largest absolute Gasteiger partial charge is 0.388 e. The van der Waals surface area contributed by atoms with Gasteiger partial charge in [-0.3, -0.25) is 0 Å². The molecule has 0 unspecified atom stereocenters. The molecule has 0 aliphatic heterocycles. The molecule has 1 aliphatic rings. The zero-order chi connectivity index (χ0) is 13.8. The Morgan fingerprint density at radius 3 is 2.40 bits per heavy atom. The van der Waals surface area contributed by atoms with Gasteiger partial charge in [0.2, 0.25) is 0 Å². The molecule has 1 aliphatic carbocycles. The summed E-state index contributed by atoms with van der Waals surface area (Å²) in [5.74, 6) is 2.00. The summed E-state index contributed by atoms with van der Waals surface area (Å²) in [4.78, 5) is 4.60. The summed E-state index contributed by atoms with van der Waals surface area (Å²) < 4.78 is 5.44. The molecular weight excluding hydrogens is 250 g/mol. The van der Waals surface area contributed by atoms with Crippen molar-refractivity contribution in [2.45, 2.75) is 44.4 Å². The first kappa shape index (κ1) is 13.2. The van der Waals surface area contributed by atoms with Crippen LogP contribution in [-0.4, -0.2) is 17.2 Å². The number of hydrogen-bond acceptors (Lipinski definition) is 4. The molecule has 1 aromatic heterocycles. The third-order valence-corrected chi connectivity index (χ3v) is 4.08. The van der Waals surface area contributed by atoms with E-state index in [1.165, 1.54) is 38.5 Å². The molecule has 1 aromatic carbocycles. The number of nitrogens with one attached hydrogen (secondary N) is 1. The van der Waals surface area contributed by atoms with Gasteiger partial charge in [0.1, 0.15) is 0 Å². The van der Waals surface area contributed by atoms with Crippen molar-refractivity contribution in [2.24, 2.45) is 0 Å². The van der Waals surface area contributed by atoms with Crippen molar-refractivity contribution in [2.75, 3.05) is 12.4 Å². The van der Waals surface area contributed by atoms with Gasteiger partial charge in [0.05, 0.1) is 0 Å². The van der Waals surface area contributed by atoms with Crippen molar-refractivity contribution in [3.8, 4) is 11.5 Å². The molecule has 0 radical (unpaired) electrons. The monoisotopic (exact) mass is 271 g/mol. The van der Waals surface area contributed by atoms with Crippen molar-refractivity contribution in [1.82, 2.24) is 10.1 Å². The first-order valence-corrected chi connectivity index (χ1v) is 7.48. The Morgan fingerprint density at radius 1 is 1.05 bits per heavy atom. The molecule has 1 N–H and O–H groups in total. The lowest BCUT2D eigenvalue weighted by Crippen LogP contribution is -1.99. The molecule has 1 fully saturated rings. The summed E-state index contributed by atoms with van der Waals surface area (Å²) in [6, 6.07) is 8.06. The van der Waals surface area contributed by atoms with E-state index in [-0.39, 0.29) is 0 Å². The van der Waals surface area contributed by atoms with E-state index in [0.29, 0.717) is 11.8 Å². The molecule has 0 amide bonds. The Labute approximate surface area is 119 Å². The lowest BCUT2D eigenvalue weighted by molar-refractivity contribution is 0.410. The lowest BCUT2D eigenvalue weighted by atomic mass is 10.00. The van der Waals surface area contributed by atoms with Crippen LogP contribution in [0.1, 0.15) is 50.3 Å². The van der Waals surface area contributed by atoms with Crippen molar-refractivity contribution < 1.29 is 4.52 Å². The minimum Gasteiger partial charge on any atom is -0.388 e. The van der Waals surface area contributed by atoms with E-state index < -0.39 is 0 Å². The van der Waals surface area contributed by atoms with Gasteiger partial charge in [-0.05, 0) is 37.1 Å². The second-order valence-corrected chi connectivity index (χ2v) is 5.47. The normalized spacial score (nSPS) is 16.9. The number of anilines is 1. The Hall–Kier alpha value is -1.84. The molecule has 20 heavy (non-hydrogen) atoms. The molecule has 0 saturated heterocycles. The summed E-state index contributed by atoms with van der Waals surface area (Å²) in [6.07, 6.45) is 7.63. The number of aromatic nitrogens is 2. The van der Waals surface area contributed by atoms with E-state index in [0.717, 1.165) is 17.1 Å². The maximum atomic E-state index is 5.44. The van der Waals surface area contributed by atoms with E-state index in [4.69, 9.17) is 4.52 Å². The molecule has 4 nitrogen and oxygen atoms in total. The van der Waals surface area contributed by atoms with Gasteiger partial charge in [-0.25, -0.2) is 0 Å². The first-order chi connectivity index (χ1) is 9.86. The summed E-state index contributed by atoms with van der Waals surface area (Å²) in [5, 5.41) is 7.30. The fraction of sp³-hybridized carbons (Fsp3) is 0.500. The maximum absolute atomic E-state index is 5.44. The van der Waals surface area contributed by atoms with Gasteiger partial charge in [-0.15, -0.1) is 0 Å². The Morgan fingerprint density at radius 2 is 1.75 bits per heavy atom. The second kappa shape index (κ2) is 6.07. The smallest absolute Gasteiger partial charge is 0.257 e. The van der Waals surface area contributed by atoms with Crippen LogP contribution in [0.25, 0.3) is 11.5 Å². The molecule has 0 atom stereocenters. The van der Waals surface area contributed by atoms with E-state index in [1.807, 2.05) is 31.3 Å². The molecule has 4 heteroatoms. The first-order valence-electron chi connectivity index (χ1n) is 7.48. The van der Waals surface area contributed by atoms with Crippen molar-refractivity contribution in [3.63, 3.8) is 0 Å². The average Bonchev–Trinajstić information content (AvgIpc) is 2.83. The van der Waals surface area contributed by atoms with Gasteiger partial charge < -0.3 is 9.84 Å². The predicted molar refractivity (Wildman–Crippen MR) is 79.7 cm³/mol. The van der Waals surface area contributed by atoms with Crippen LogP contribution in [0.4, 0.5) is 5.69 Å². The minimum absolute atomic E-state index is 0.478. The topological polar surface area (TPSA) is 51.0 Å². The summed E-state index contributed by atoms with van der Waals surface area (Å²) in [6.45, 7) is 0. The molecule has 0 bridgehead atoms. The van der Waals surface area contributed by atoms with Gasteiger partial charge in [0.15, 0.2) is 5.82 Å². The van der Waals surface area contributed by atoms with Gasteiger partial charge >= 0.3 is 0 Å². The third kappa shape index (κ3) is 2.84. The average molecular weight is 271 g/mol. The van der Waals surface area contributed by atoms with Crippen LogP contribution in [0, 0.1) is 0 Å². The van der Waals surface area contributed by atoms with Gasteiger partial charge in [-0.2, -0.15) is 4.98 Å². The van der Waals surface area contributed by atoms with Crippen LogP contribution in [0.3, 0.4) is 0 Å². The molecule has 106 valence electrons. The highest BCUT2D eigenvalue weighted by molar-refractivity contribution is 5.58. The molecular formula is C16H21N3O. The van der Waals surface area contributed by atoms with Gasteiger partial charge in [0, 0.05) is 24.2 Å². The van der Waals surface area contributed by atoms with Gasteiger partial charge in [-0.1, -0.05) is 30.8 Å². The van der Waals surface area contributed by atoms with E-state index >= 15 is 0 Å². The van der Waals surface area contributed by atoms with Crippen molar-refractivity contribution in [1.29, 1.82) is 0 Å². The fourth-order valence-corrected chi connectivity index (χ4v) is 2.83. The maximum Gasteiger partial charge on any atom is 0.257 e. The number of nitrogens with zero attached hydrogens (tertiary/aromatic N) is 2. The zero-order valence-corrected chi connectivity index (χ0v) is 11.9. The molecule has 1 heterocycles. The molecule has 0 spiro atoms. The second-order valence-electron chi connectivity index (χ2n) is 5.47.